The monoisotopic (exact) mass is 512 g/mol. The van der Waals surface area contributed by atoms with Crippen LogP contribution in [-0.4, -0.2) is 52.6 Å². The van der Waals surface area contributed by atoms with E-state index in [-0.39, 0.29) is 24.6 Å². The lowest BCUT2D eigenvalue weighted by Gasteiger charge is -2.19. The van der Waals surface area contributed by atoms with E-state index in [4.69, 9.17) is 31.2 Å². The fourth-order valence-electron chi connectivity index (χ4n) is 3.94. The normalized spacial score (nSPS) is 12.8. The van der Waals surface area contributed by atoms with Gasteiger partial charge in [0.15, 0.2) is 17.5 Å². The van der Waals surface area contributed by atoms with Crippen LogP contribution in [0.1, 0.15) is 47.2 Å². The molecule has 0 unspecified atom stereocenters. The Labute approximate surface area is 212 Å². The minimum Gasteiger partial charge on any atom is -0.489 e. The van der Waals surface area contributed by atoms with Crippen LogP contribution >= 0.6 is 0 Å². The van der Waals surface area contributed by atoms with Gasteiger partial charge in [-0.2, -0.15) is 0 Å². The van der Waals surface area contributed by atoms with Crippen LogP contribution in [0, 0.1) is 0 Å². The van der Waals surface area contributed by atoms with Crippen molar-refractivity contribution in [1.82, 2.24) is 5.32 Å². The number of rotatable bonds is 9. The number of carbonyl (C=O) groups is 4. The number of nitrogens with zero attached hydrogens (tertiary/aromatic N) is 1. The van der Waals surface area contributed by atoms with E-state index in [0.717, 1.165) is 0 Å². The number of carboxylic acids is 2. The van der Waals surface area contributed by atoms with Crippen LogP contribution in [0.15, 0.2) is 41.4 Å². The first-order valence-corrected chi connectivity index (χ1v) is 11.5. The summed E-state index contributed by atoms with van der Waals surface area (Å²) in [6.45, 7) is 0.305. The summed E-state index contributed by atoms with van der Waals surface area (Å²) in [6, 6.07) is 8.87. The van der Waals surface area contributed by atoms with Gasteiger partial charge in [-0.05, 0) is 54.7 Å². The molecule has 0 bridgehead atoms. The number of nitrogens with one attached hydrogen (secondary N) is 1. The number of ether oxygens (including phenoxy) is 2. The number of aliphatic imine (C=N–C) groups is 1. The minimum atomic E-state index is -1.22. The van der Waals surface area contributed by atoms with E-state index in [1.165, 1.54) is 0 Å². The molecule has 12 heteroatoms. The van der Waals surface area contributed by atoms with Crippen molar-refractivity contribution < 1.29 is 38.9 Å². The first kappa shape index (κ1) is 27.0. The van der Waals surface area contributed by atoms with Gasteiger partial charge in [0, 0.05) is 12.5 Å². The summed E-state index contributed by atoms with van der Waals surface area (Å²) >= 11 is 0. The molecule has 0 atom stereocenters. The lowest BCUT2D eigenvalue weighted by Crippen LogP contribution is -2.38. The summed E-state index contributed by atoms with van der Waals surface area (Å²) in [5.74, 6) is -3.10. The Balaban J connectivity index is 1.76. The second kappa shape index (κ2) is 12.4. The molecule has 1 amide bonds. The zero-order valence-electron chi connectivity index (χ0n) is 19.9. The summed E-state index contributed by atoms with van der Waals surface area (Å²) in [4.78, 5) is 51.3. The molecule has 0 aliphatic carbocycles. The third-order valence-corrected chi connectivity index (χ3v) is 5.50. The van der Waals surface area contributed by atoms with E-state index in [9.17, 15) is 19.2 Å². The van der Waals surface area contributed by atoms with Crippen LogP contribution in [0.4, 0.5) is 5.69 Å². The smallest absolute Gasteiger partial charge is 0.343 e. The molecule has 1 aliphatic heterocycles. The molecule has 0 fully saturated rings. The molecule has 0 spiro atoms. The number of aryl methyl sites for hydroxylation is 2. The van der Waals surface area contributed by atoms with Crippen LogP contribution in [0.3, 0.4) is 0 Å². The highest BCUT2D eigenvalue weighted by molar-refractivity contribution is 5.94. The van der Waals surface area contributed by atoms with Gasteiger partial charge in [0.25, 0.3) is 0 Å². The molecule has 2 aromatic rings. The molecule has 2 aromatic carbocycles. The highest BCUT2D eigenvalue weighted by atomic mass is 16.6. The predicted molar refractivity (Wildman–Crippen MR) is 132 cm³/mol. The van der Waals surface area contributed by atoms with Crippen molar-refractivity contribution in [2.75, 3.05) is 6.61 Å². The first-order valence-electron chi connectivity index (χ1n) is 11.5. The number of esters is 1. The maximum absolute atomic E-state index is 13.0. The topological polar surface area (TPSA) is 204 Å². The largest absolute Gasteiger partial charge is 0.489 e. The van der Waals surface area contributed by atoms with Gasteiger partial charge in [-0.25, -0.2) is 9.79 Å². The number of hydrogen-bond acceptors (Lipinski definition) is 7. The molecule has 12 nitrogen and oxygen atoms in total. The number of nitrogens with two attached hydrogens (primary N) is 2. The Morgan fingerprint density at radius 2 is 1.81 bits per heavy atom. The lowest BCUT2D eigenvalue weighted by molar-refractivity contribution is -0.139. The summed E-state index contributed by atoms with van der Waals surface area (Å²) in [5, 5.41) is 20.4. The lowest BCUT2D eigenvalue weighted by atomic mass is 10.0. The van der Waals surface area contributed by atoms with Gasteiger partial charge in [-0.15, -0.1) is 0 Å². The second-order valence-electron chi connectivity index (χ2n) is 8.42. The molecular weight excluding hydrogens is 484 g/mol. The number of guanidine groups is 1. The van der Waals surface area contributed by atoms with Crippen molar-refractivity contribution in [2.24, 2.45) is 16.5 Å². The summed E-state index contributed by atoms with van der Waals surface area (Å²) in [7, 11) is 0. The van der Waals surface area contributed by atoms with E-state index in [1.54, 1.807) is 36.4 Å². The van der Waals surface area contributed by atoms with Crippen molar-refractivity contribution in [3.8, 4) is 11.5 Å². The minimum absolute atomic E-state index is 0.0557. The van der Waals surface area contributed by atoms with Crippen LogP contribution in [0.2, 0.25) is 0 Å². The van der Waals surface area contributed by atoms with Gasteiger partial charge in [-0.1, -0.05) is 12.1 Å². The van der Waals surface area contributed by atoms with Gasteiger partial charge >= 0.3 is 17.9 Å². The van der Waals surface area contributed by atoms with E-state index in [2.05, 4.69) is 10.3 Å². The second-order valence-corrected chi connectivity index (χ2v) is 8.42. The quantitative estimate of drug-likeness (QED) is 0.142. The van der Waals surface area contributed by atoms with E-state index in [1.807, 2.05) is 0 Å². The fraction of sp³-hybridized carbons (Fsp3) is 0.320. The summed E-state index contributed by atoms with van der Waals surface area (Å²) < 4.78 is 11.6. The third-order valence-electron chi connectivity index (χ3n) is 5.50. The van der Waals surface area contributed by atoms with Crippen molar-refractivity contribution in [3.05, 3.63) is 53.1 Å². The predicted octanol–water partition coefficient (Wildman–Crippen LogP) is 1.50. The number of aliphatic carboxylic acids is 2. The van der Waals surface area contributed by atoms with E-state index < -0.39 is 42.7 Å². The van der Waals surface area contributed by atoms with E-state index >= 15 is 0 Å². The number of amides is 1. The SMILES string of the molecule is NC(N)=Nc1ccc2c(c1)CCCOc1c(CCC(=O)NC(CC(=O)O)CC(=O)O)cccc1OC2=O. The molecule has 196 valence electrons. The molecule has 1 heterocycles. The molecule has 0 saturated heterocycles. The number of carboxylic acid groups (broad SMARTS) is 2. The maximum atomic E-state index is 13.0. The zero-order chi connectivity index (χ0) is 26.9. The third kappa shape index (κ3) is 7.95. The highest BCUT2D eigenvalue weighted by Crippen LogP contribution is 2.34. The van der Waals surface area contributed by atoms with Crippen molar-refractivity contribution in [2.45, 2.75) is 44.6 Å². The summed E-state index contributed by atoms with van der Waals surface area (Å²) in [5.41, 5.74) is 13.1. The van der Waals surface area contributed by atoms with Crippen LogP contribution in [0.25, 0.3) is 0 Å². The van der Waals surface area contributed by atoms with Crippen LogP contribution in [-0.2, 0) is 27.2 Å². The Kier molecular flexibility index (Phi) is 9.03. The van der Waals surface area contributed by atoms with Crippen molar-refractivity contribution >= 4 is 35.5 Å². The van der Waals surface area contributed by atoms with Crippen LogP contribution < -0.4 is 26.3 Å². The van der Waals surface area contributed by atoms with Crippen molar-refractivity contribution in [3.63, 3.8) is 0 Å². The Morgan fingerprint density at radius 3 is 2.49 bits per heavy atom. The zero-order valence-corrected chi connectivity index (χ0v) is 19.9. The van der Waals surface area contributed by atoms with Gasteiger partial charge in [0.1, 0.15) is 0 Å². The van der Waals surface area contributed by atoms with Crippen molar-refractivity contribution in [1.29, 1.82) is 0 Å². The average molecular weight is 513 g/mol. The summed E-state index contributed by atoms with van der Waals surface area (Å²) in [6.07, 6.45) is 0.204. The van der Waals surface area contributed by atoms with Gasteiger partial charge < -0.3 is 36.5 Å². The van der Waals surface area contributed by atoms with Crippen LogP contribution in [0.5, 0.6) is 11.5 Å². The molecule has 7 N–H and O–H groups in total. The molecular formula is C25H28N4O8. The van der Waals surface area contributed by atoms with E-state index in [0.29, 0.717) is 47.6 Å². The molecule has 37 heavy (non-hydrogen) atoms. The Bertz CT molecular complexity index is 1210. The fourth-order valence-corrected chi connectivity index (χ4v) is 3.94. The number of carbonyl (C=O) groups excluding carboxylic acids is 2. The van der Waals surface area contributed by atoms with Gasteiger partial charge in [0.2, 0.25) is 5.91 Å². The average Bonchev–Trinajstić information content (AvgIpc) is 2.80. The van der Waals surface area contributed by atoms with Gasteiger partial charge in [0.05, 0.1) is 30.7 Å². The number of fused-ring (bicyclic) bond motifs is 2. The Hall–Kier alpha value is -4.61. The molecule has 0 saturated carbocycles. The van der Waals surface area contributed by atoms with Gasteiger partial charge in [-0.3, -0.25) is 14.4 Å². The number of hydrogen-bond donors (Lipinski definition) is 5. The highest BCUT2D eigenvalue weighted by Gasteiger charge is 2.22. The molecule has 0 radical (unpaired) electrons. The Morgan fingerprint density at radius 1 is 1.08 bits per heavy atom. The number of para-hydroxylation sites is 1. The number of benzene rings is 2. The molecule has 0 aromatic heterocycles. The standard InChI is InChI=1S/C25H28N4O8/c26-25(27)29-16-7-8-18-15(11-16)4-2-10-36-23-14(3-1-5-19(23)37-24(18)35)6-9-20(30)28-17(12-21(31)32)13-22(33)34/h1,3,5,7-8,11,17H,2,4,6,9-10,12-13H2,(H,28,30)(H,31,32)(H,33,34)(H4,26,27,29). The molecule has 1 aliphatic rings. The maximum Gasteiger partial charge on any atom is 0.343 e. The molecule has 3 rings (SSSR count). The first-order chi connectivity index (χ1) is 17.6.